The summed E-state index contributed by atoms with van der Waals surface area (Å²) in [6.45, 7) is 1.93. The molecule has 1 aromatic heterocycles. The van der Waals surface area contributed by atoms with E-state index in [4.69, 9.17) is 4.74 Å². The molecular weight excluding hydrogens is 380 g/mol. The monoisotopic (exact) mass is 400 g/mol. The predicted octanol–water partition coefficient (Wildman–Crippen LogP) is 4.02. The van der Waals surface area contributed by atoms with Crippen molar-refractivity contribution in [1.29, 1.82) is 0 Å². The van der Waals surface area contributed by atoms with Crippen molar-refractivity contribution in [2.75, 3.05) is 12.0 Å². The van der Waals surface area contributed by atoms with Crippen LogP contribution in [0.4, 0.5) is 5.69 Å². The maximum Gasteiger partial charge on any atom is 0.300 e. The number of methoxy groups -OCH3 is 1. The van der Waals surface area contributed by atoms with E-state index < -0.39 is 17.7 Å². The van der Waals surface area contributed by atoms with Crippen LogP contribution in [0.2, 0.25) is 0 Å². The highest BCUT2D eigenvalue weighted by Crippen LogP contribution is 2.42. The molecule has 1 atom stereocenters. The first-order valence-electron chi connectivity index (χ1n) is 9.43. The first-order chi connectivity index (χ1) is 14.5. The molecule has 1 N–H and O–H groups in total. The number of aromatic nitrogens is 1. The Morgan fingerprint density at radius 2 is 1.60 bits per heavy atom. The second-order valence-corrected chi connectivity index (χ2v) is 7.01. The zero-order valence-electron chi connectivity index (χ0n) is 16.6. The van der Waals surface area contributed by atoms with Crippen molar-refractivity contribution in [2.24, 2.45) is 0 Å². The van der Waals surface area contributed by atoms with E-state index in [-0.39, 0.29) is 11.3 Å². The number of carbonyl (C=O) groups excluding carboxylic acids is 2. The lowest BCUT2D eigenvalue weighted by Gasteiger charge is -2.25. The number of aliphatic hydroxyl groups is 1. The number of rotatable bonds is 4. The zero-order chi connectivity index (χ0) is 21.3. The van der Waals surface area contributed by atoms with Gasteiger partial charge in [0.25, 0.3) is 11.7 Å². The minimum Gasteiger partial charge on any atom is -0.507 e. The lowest BCUT2D eigenvalue weighted by Crippen LogP contribution is -2.29. The third-order valence-electron chi connectivity index (χ3n) is 5.14. The number of hydrogen-bond acceptors (Lipinski definition) is 5. The molecule has 150 valence electrons. The average molecular weight is 400 g/mol. The number of nitrogens with zero attached hydrogens (tertiary/aromatic N) is 2. The topological polar surface area (TPSA) is 79.7 Å². The number of anilines is 1. The first-order valence-corrected chi connectivity index (χ1v) is 9.43. The maximum absolute atomic E-state index is 13.0. The van der Waals surface area contributed by atoms with E-state index in [2.05, 4.69) is 4.98 Å². The molecule has 0 bridgehead atoms. The molecule has 0 spiro atoms. The molecule has 6 nitrogen and oxygen atoms in total. The highest BCUT2D eigenvalue weighted by molar-refractivity contribution is 6.51. The van der Waals surface area contributed by atoms with Crippen LogP contribution in [0.3, 0.4) is 0 Å². The van der Waals surface area contributed by atoms with Gasteiger partial charge in [-0.15, -0.1) is 0 Å². The van der Waals surface area contributed by atoms with Crippen LogP contribution in [0.5, 0.6) is 5.75 Å². The summed E-state index contributed by atoms with van der Waals surface area (Å²) in [6, 6.07) is 16.7. The third kappa shape index (κ3) is 3.33. The smallest absolute Gasteiger partial charge is 0.300 e. The molecular formula is C24H20N2O4. The van der Waals surface area contributed by atoms with E-state index >= 15 is 0 Å². The van der Waals surface area contributed by atoms with Crippen LogP contribution in [0.15, 0.2) is 78.6 Å². The molecule has 2 heterocycles. The minimum absolute atomic E-state index is 0.0471. The number of pyridine rings is 1. The Balaban J connectivity index is 1.90. The van der Waals surface area contributed by atoms with Crippen LogP contribution in [-0.4, -0.2) is 28.9 Å². The van der Waals surface area contributed by atoms with Crippen LogP contribution in [-0.2, 0) is 9.59 Å². The molecule has 4 rings (SSSR count). The van der Waals surface area contributed by atoms with Crippen molar-refractivity contribution in [2.45, 2.75) is 13.0 Å². The van der Waals surface area contributed by atoms with Crippen molar-refractivity contribution in [3.63, 3.8) is 0 Å². The van der Waals surface area contributed by atoms with Gasteiger partial charge in [-0.1, -0.05) is 29.8 Å². The molecule has 1 amide bonds. The van der Waals surface area contributed by atoms with E-state index in [1.807, 2.05) is 19.1 Å². The van der Waals surface area contributed by atoms with Gasteiger partial charge >= 0.3 is 0 Å². The van der Waals surface area contributed by atoms with Gasteiger partial charge in [0.1, 0.15) is 11.5 Å². The average Bonchev–Trinajstić information content (AvgIpc) is 3.05. The van der Waals surface area contributed by atoms with Crippen LogP contribution in [0, 0.1) is 6.92 Å². The summed E-state index contributed by atoms with van der Waals surface area (Å²) in [5.41, 5.74) is 2.76. The Kier molecular flexibility index (Phi) is 5.06. The van der Waals surface area contributed by atoms with Crippen molar-refractivity contribution >= 4 is 23.1 Å². The first kappa shape index (κ1) is 19.4. The summed E-state index contributed by atoms with van der Waals surface area (Å²) in [4.78, 5) is 31.5. The van der Waals surface area contributed by atoms with E-state index in [0.717, 1.165) is 5.56 Å². The molecule has 0 aliphatic carbocycles. The van der Waals surface area contributed by atoms with E-state index in [9.17, 15) is 14.7 Å². The number of ether oxygens (including phenoxy) is 1. The number of benzene rings is 2. The Hall–Kier alpha value is -3.93. The summed E-state index contributed by atoms with van der Waals surface area (Å²) >= 11 is 0. The van der Waals surface area contributed by atoms with Gasteiger partial charge in [0.15, 0.2) is 0 Å². The summed E-state index contributed by atoms with van der Waals surface area (Å²) in [5.74, 6) is -0.997. The van der Waals surface area contributed by atoms with Gasteiger partial charge in [-0.25, -0.2) is 0 Å². The van der Waals surface area contributed by atoms with Crippen molar-refractivity contribution in [3.05, 3.63) is 95.3 Å². The Bertz CT molecular complexity index is 1120. The second kappa shape index (κ2) is 7.83. The van der Waals surface area contributed by atoms with Gasteiger partial charge in [0.2, 0.25) is 0 Å². The summed E-state index contributed by atoms with van der Waals surface area (Å²) in [6.07, 6.45) is 3.19. The van der Waals surface area contributed by atoms with Crippen molar-refractivity contribution < 1.29 is 19.4 Å². The molecule has 2 aromatic carbocycles. The quantitative estimate of drug-likeness (QED) is 0.406. The number of hydrogen-bond donors (Lipinski definition) is 1. The maximum atomic E-state index is 13.0. The Morgan fingerprint density at radius 1 is 0.967 bits per heavy atom. The number of ketones is 1. The highest BCUT2D eigenvalue weighted by Gasteiger charge is 2.46. The normalized spacial score (nSPS) is 17.9. The fourth-order valence-electron chi connectivity index (χ4n) is 3.57. The molecule has 0 radical (unpaired) electrons. The molecule has 1 fully saturated rings. The number of Topliss-reactive ketones (excluding diaryl/α,β-unsaturated/α-hetero) is 1. The van der Waals surface area contributed by atoms with Gasteiger partial charge in [-0.05, 0) is 48.9 Å². The van der Waals surface area contributed by atoms with E-state index in [1.165, 1.54) is 4.90 Å². The van der Waals surface area contributed by atoms with Gasteiger partial charge in [0.05, 0.1) is 18.7 Å². The Morgan fingerprint density at radius 3 is 2.20 bits per heavy atom. The van der Waals surface area contributed by atoms with Crippen LogP contribution < -0.4 is 9.64 Å². The zero-order valence-corrected chi connectivity index (χ0v) is 16.6. The molecule has 30 heavy (non-hydrogen) atoms. The molecule has 1 aliphatic rings. The second-order valence-electron chi connectivity index (χ2n) is 7.01. The van der Waals surface area contributed by atoms with Crippen LogP contribution >= 0.6 is 0 Å². The van der Waals surface area contributed by atoms with E-state index in [1.54, 1.807) is 68.0 Å². The number of carbonyl (C=O) groups is 2. The van der Waals surface area contributed by atoms with Gasteiger partial charge in [-0.3, -0.25) is 19.5 Å². The SMILES string of the molecule is COc1ccc(N2C(=O)C(=O)/C(=C(\O)c3ccc(C)cc3)C2c2ccncc2)cc1. The number of aryl methyl sites for hydroxylation is 1. The Labute approximate surface area is 174 Å². The molecule has 3 aromatic rings. The number of aliphatic hydroxyl groups excluding tert-OH is 1. The molecule has 6 heteroatoms. The van der Waals surface area contributed by atoms with Crippen LogP contribution in [0.25, 0.3) is 5.76 Å². The lowest BCUT2D eigenvalue weighted by atomic mass is 9.95. The molecule has 1 saturated heterocycles. The van der Waals surface area contributed by atoms with Crippen molar-refractivity contribution in [3.8, 4) is 5.75 Å². The van der Waals surface area contributed by atoms with E-state index in [0.29, 0.717) is 22.6 Å². The van der Waals surface area contributed by atoms with Gasteiger partial charge < -0.3 is 9.84 Å². The molecule has 1 unspecified atom stereocenters. The summed E-state index contributed by atoms with van der Waals surface area (Å²) < 4.78 is 5.19. The van der Waals surface area contributed by atoms with Gasteiger partial charge in [-0.2, -0.15) is 0 Å². The fourth-order valence-corrected chi connectivity index (χ4v) is 3.57. The predicted molar refractivity (Wildman–Crippen MR) is 113 cm³/mol. The minimum atomic E-state index is -0.775. The summed E-state index contributed by atoms with van der Waals surface area (Å²) in [5, 5.41) is 11.0. The molecule has 0 saturated carbocycles. The highest BCUT2D eigenvalue weighted by atomic mass is 16.5. The standard InChI is InChI=1S/C24H20N2O4/c1-15-3-5-17(6-4-15)22(27)20-21(16-11-13-25-14-12-16)26(24(29)23(20)28)18-7-9-19(30-2)10-8-18/h3-14,21,27H,1-2H3/b22-20-. The van der Waals surface area contributed by atoms with Crippen LogP contribution in [0.1, 0.15) is 22.7 Å². The summed E-state index contributed by atoms with van der Waals surface area (Å²) in [7, 11) is 1.56. The molecule has 1 aliphatic heterocycles. The van der Waals surface area contributed by atoms with Crippen molar-refractivity contribution in [1.82, 2.24) is 4.98 Å². The van der Waals surface area contributed by atoms with Gasteiger partial charge in [0, 0.05) is 23.6 Å². The number of amides is 1. The lowest BCUT2D eigenvalue weighted by molar-refractivity contribution is -0.132. The third-order valence-corrected chi connectivity index (χ3v) is 5.14. The largest absolute Gasteiger partial charge is 0.507 e. The fraction of sp³-hybridized carbons (Fsp3) is 0.125.